The minimum atomic E-state index is 0.746. The molecule has 0 aliphatic carbocycles. The quantitative estimate of drug-likeness (QED) is 0.487. The van der Waals surface area contributed by atoms with Crippen LogP contribution in [0.5, 0.6) is 0 Å². The third-order valence-corrected chi connectivity index (χ3v) is 4.02. The normalized spacial score (nSPS) is 14.2. The number of hydrogen-bond acceptors (Lipinski definition) is 3. The molecule has 0 amide bonds. The van der Waals surface area contributed by atoms with Crippen LogP contribution in [0.3, 0.4) is 0 Å². The van der Waals surface area contributed by atoms with Crippen LogP contribution in [0.2, 0.25) is 0 Å². The summed E-state index contributed by atoms with van der Waals surface area (Å²) in [4.78, 5) is 6.61. The van der Waals surface area contributed by atoms with Crippen LogP contribution in [0.25, 0.3) is 0 Å². The van der Waals surface area contributed by atoms with E-state index in [2.05, 4.69) is 56.9 Å². The van der Waals surface area contributed by atoms with Crippen LogP contribution in [0.4, 0.5) is 5.69 Å². The molecular weight excluding hydrogens is 300 g/mol. The van der Waals surface area contributed by atoms with Crippen LogP contribution < -0.4 is 15.5 Å². The van der Waals surface area contributed by atoms with Crippen LogP contribution in [0.1, 0.15) is 11.3 Å². The van der Waals surface area contributed by atoms with Gasteiger partial charge in [0.25, 0.3) is 0 Å². The minimum Gasteiger partial charge on any atom is -0.469 e. The number of furan rings is 1. The fraction of sp³-hybridized carbons (Fsp3) is 0.316. The fourth-order valence-electron chi connectivity index (χ4n) is 2.72. The van der Waals surface area contributed by atoms with Gasteiger partial charge >= 0.3 is 0 Å². The van der Waals surface area contributed by atoms with Crippen molar-refractivity contribution in [2.24, 2.45) is 4.99 Å². The topological polar surface area (TPSA) is 52.8 Å². The van der Waals surface area contributed by atoms with Crippen molar-refractivity contribution in [3.8, 4) is 0 Å². The van der Waals surface area contributed by atoms with E-state index in [1.54, 1.807) is 13.3 Å². The summed E-state index contributed by atoms with van der Waals surface area (Å²) >= 11 is 0. The SMILES string of the molecule is CN=C(NCCc1ccco1)NCc1cccc(N2CC=CC2)c1. The molecule has 0 radical (unpaired) electrons. The Balaban J connectivity index is 1.47. The van der Waals surface area contributed by atoms with E-state index in [1.165, 1.54) is 11.3 Å². The highest BCUT2D eigenvalue weighted by Gasteiger charge is 2.08. The van der Waals surface area contributed by atoms with Gasteiger partial charge in [-0.2, -0.15) is 0 Å². The Morgan fingerprint density at radius 1 is 1.17 bits per heavy atom. The summed E-state index contributed by atoms with van der Waals surface area (Å²) in [6, 6.07) is 12.5. The van der Waals surface area contributed by atoms with E-state index in [0.717, 1.165) is 44.3 Å². The van der Waals surface area contributed by atoms with Crippen molar-refractivity contribution < 1.29 is 4.42 Å². The molecule has 2 N–H and O–H groups in total. The molecule has 0 unspecified atom stereocenters. The molecule has 1 aromatic heterocycles. The molecule has 0 bridgehead atoms. The zero-order valence-electron chi connectivity index (χ0n) is 14.0. The van der Waals surface area contributed by atoms with Gasteiger partial charge in [0.05, 0.1) is 6.26 Å². The van der Waals surface area contributed by atoms with Crippen LogP contribution in [-0.4, -0.2) is 32.6 Å². The molecule has 0 spiro atoms. The van der Waals surface area contributed by atoms with Gasteiger partial charge in [0.2, 0.25) is 0 Å². The highest BCUT2D eigenvalue weighted by Crippen LogP contribution is 2.18. The molecule has 2 heterocycles. The molecule has 5 nitrogen and oxygen atoms in total. The van der Waals surface area contributed by atoms with E-state index >= 15 is 0 Å². The van der Waals surface area contributed by atoms with E-state index in [4.69, 9.17) is 4.42 Å². The van der Waals surface area contributed by atoms with Crippen molar-refractivity contribution in [3.05, 3.63) is 66.1 Å². The Morgan fingerprint density at radius 2 is 2.04 bits per heavy atom. The van der Waals surface area contributed by atoms with Crippen molar-refractivity contribution in [2.75, 3.05) is 31.6 Å². The number of hydrogen-bond donors (Lipinski definition) is 2. The first-order valence-electron chi connectivity index (χ1n) is 8.31. The highest BCUT2D eigenvalue weighted by molar-refractivity contribution is 5.79. The summed E-state index contributed by atoms with van der Waals surface area (Å²) in [5, 5.41) is 6.66. The second-order valence-corrected chi connectivity index (χ2v) is 5.73. The van der Waals surface area contributed by atoms with Crippen LogP contribution in [0, 0.1) is 0 Å². The number of nitrogens with one attached hydrogen (secondary N) is 2. The Morgan fingerprint density at radius 3 is 2.79 bits per heavy atom. The van der Waals surface area contributed by atoms with E-state index in [1.807, 2.05) is 12.1 Å². The number of anilines is 1. The maximum atomic E-state index is 5.33. The molecule has 126 valence electrons. The van der Waals surface area contributed by atoms with Gasteiger partial charge < -0.3 is 20.0 Å². The molecule has 0 atom stereocenters. The average molecular weight is 324 g/mol. The predicted octanol–water partition coefficient (Wildman–Crippen LogP) is 2.56. The molecule has 2 aromatic rings. The Kier molecular flexibility index (Phi) is 5.56. The third-order valence-electron chi connectivity index (χ3n) is 4.02. The largest absolute Gasteiger partial charge is 0.469 e. The monoisotopic (exact) mass is 324 g/mol. The first-order valence-corrected chi connectivity index (χ1v) is 8.31. The van der Waals surface area contributed by atoms with Gasteiger partial charge in [-0.15, -0.1) is 0 Å². The van der Waals surface area contributed by atoms with E-state index in [0.29, 0.717) is 0 Å². The highest BCUT2D eigenvalue weighted by atomic mass is 16.3. The van der Waals surface area contributed by atoms with Crippen molar-refractivity contribution >= 4 is 11.6 Å². The van der Waals surface area contributed by atoms with Gasteiger partial charge in [0.15, 0.2) is 5.96 Å². The smallest absolute Gasteiger partial charge is 0.191 e. The van der Waals surface area contributed by atoms with Crippen molar-refractivity contribution in [1.29, 1.82) is 0 Å². The molecular formula is C19H24N4O. The average Bonchev–Trinajstić information content (AvgIpc) is 3.31. The maximum Gasteiger partial charge on any atom is 0.191 e. The molecule has 0 saturated carbocycles. The first kappa shape index (κ1) is 16.2. The Bertz CT molecular complexity index is 683. The molecule has 1 aliphatic heterocycles. The number of nitrogens with zero attached hydrogens (tertiary/aromatic N) is 2. The Hall–Kier alpha value is -2.69. The molecule has 0 saturated heterocycles. The Labute approximate surface area is 143 Å². The fourth-order valence-corrected chi connectivity index (χ4v) is 2.72. The van der Waals surface area contributed by atoms with Crippen LogP contribution in [-0.2, 0) is 13.0 Å². The summed E-state index contributed by atoms with van der Waals surface area (Å²) in [5.74, 6) is 1.78. The summed E-state index contributed by atoms with van der Waals surface area (Å²) in [6.45, 7) is 3.52. The van der Waals surface area contributed by atoms with Crippen LogP contribution in [0.15, 0.2) is 64.2 Å². The maximum absolute atomic E-state index is 5.33. The van der Waals surface area contributed by atoms with E-state index in [-0.39, 0.29) is 0 Å². The number of guanidine groups is 1. The van der Waals surface area contributed by atoms with Gasteiger partial charge in [-0.1, -0.05) is 24.3 Å². The lowest BCUT2D eigenvalue weighted by Gasteiger charge is -2.19. The zero-order valence-corrected chi connectivity index (χ0v) is 14.0. The predicted molar refractivity (Wildman–Crippen MR) is 98.4 cm³/mol. The van der Waals surface area contributed by atoms with E-state index < -0.39 is 0 Å². The lowest BCUT2D eigenvalue weighted by atomic mass is 10.2. The third kappa shape index (κ3) is 4.41. The lowest BCUT2D eigenvalue weighted by Crippen LogP contribution is -2.37. The van der Waals surface area contributed by atoms with Gasteiger partial charge in [-0.05, 0) is 29.8 Å². The zero-order chi connectivity index (χ0) is 16.6. The standard InChI is InChI=1S/C19H24N4O/c1-20-19(21-10-9-18-8-5-13-24-18)22-15-16-6-4-7-17(14-16)23-11-2-3-12-23/h2-8,13-14H,9-12,15H2,1H3,(H2,20,21,22). The summed E-state index contributed by atoms with van der Waals surface area (Å²) in [7, 11) is 1.79. The second-order valence-electron chi connectivity index (χ2n) is 5.73. The second kappa shape index (κ2) is 8.24. The van der Waals surface area contributed by atoms with Gasteiger partial charge in [0.1, 0.15) is 5.76 Å². The van der Waals surface area contributed by atoms with Crippen molar-refractivity contribution in [2.45, 2.75) is 13.0 Å². The van der Waals surface area contributed by atoms with E-state index in [9.17, 15) is 0 Å². The number of benzene rings is 1. The van der Waals surface area contributed by atoms with Gasteiger partial charge in [-0.3, -0.25) is 4.99 Å². The van der Waals surface area contributed by atoms with Gasteiger partial charge in [-0.25, -0.2) is 0 Å². The first-order chi connectivity index (χ1) is 11.8. The summed E-state index contributed by atoms with van der Waals surface area (Å²) in [5.41, 5.74) is 2.51. The molecule has 24 heavy (non-hydrogen) atoms. The lowest BCUT2D eigenvalue weighted by molar-refractivity contribution is 0.507. The van der Waals surface area contributed by atoms with Crippen molar-refractivity contribution in [3.63, 3.8) is 0 Å². The minimum absolute atomic E-state index is 0.746. The summed E-state index contributed by atoms with van der Waals surface area (Å²) < 4.78 is 5.33. The van der Waals surface area contributed by atoms with Crippen molar-refractivity contribution in [1.82, 2.24) is 10.6 Å². The van der Waals surface area contributed by atoms with Gasteiger partial charge in [0, 0.05) is 45.3 Å². The molecule has 5 heteroatoms. The molecule has 3 rings (SSSR count). The molecule has 1 aliphatic rings. The van der Waals surface area contributed by atoms with Crippen LogP contribution >= 0.6 is 0 Å². The molecule has 1 aromatic carbocycles. The summed E-state index contributed by atoms with van der Waals surface area (Å²) in [6.07, 6.45) is 6.95. The number of aliphatic imine (C=N–C) groups is 1. The molecule has 0 fully saturated rings. The number of rotatable bonds is 6.